The number of rotatable bonds is 4. The molecule has 0 aliphatic rings. The van der Waals surface area contributed by atoms with Gasteiger partial charge in [-0.05, 0) is 0 Å². The van der Waals surface area contributed by atoms with Crippen LogP contribution in [0.3, 0.4) is 0 Å². The third-order valence-electron chi connectivity index (χ3n) is 4.04. The minimum Gasteiger partial charge on any atom is -0.573 e. The fourth-order valence-corrected chi connectivity index (χ4v) is 2.66. The molecule has 0 heterocycles. The van der Waals surface area contributed by atoms with E-state index in [9.17, 15) is 9.59 Å². The van der Waals surface area contributed by atoms with Crippen molar-refractivity contribution in [3.8, 4) is 0 Å². The van der Waals surface area contributed by atoms with Gasteiger partial charge in [0.25, 0.3) is 0 Å². The molecule has 0 N–H and O–H groups in total. The van der Waals surface area contributed by atoms with Gasteiger partial charge in [0.2, 0.25) is 0 Å². The van der Waals surface area contributed by atoms with Crippen molar-refractivity contribution in [1.29, 1.82) is 0 Å². The van der Waals surface area contributed by atoms with E-state index in [1.54, 1.807) is 48.5 Å². The van der Waals surface area contributed by atoms with Crippen LogP contribution in [0.5, 0.6) is 0 Å². The molecule has 0 radical (unpaired) electrons. The van der Waals surface area contributed by atoms with Crippen LogP contribution in [-0.2, 0) is 53.2 Å². The maximum absolute atomic E-state index is 12.1. The molecule has 0 saturated heterocycles. The first-order valence-electron chi connectivity index (χ1n) is 9.37. The zero-order valence-corrected chi connectivity index (χ0v) is 19.9. The molecule has 0 bridgehead atoms. The van der Waals surface area contributed by atoms with E-state index >= 15 is 0 Å². The molecule has 4 aromatic carbocycles. The monoisotopic (exact) mass is 512 g/mol. The van der Waals surface area contributed by atoms with Gasteiger partial charge in [-0.25, -0.2) is 29.8 Å². The first kappa shape index (κ1) is 29.1. The summed E-state index contributed by atoms with van der Waals surface area (Å²) in [5.41, 5.74) is 1.66. The molecule has 0 aromatic heterocycles. The van der Waals surface area contributed by atoms with Crippen molar-refractivity contribution in [2.75, 3.05) is 14.2 Å². The molecule has 0 aliphatic carbocycles. The molecule has 0 unspecified atom stereocenters. The summed E-state index contributed by atoms with van der Waals surface area (Å²) in [6, 6.07) is 34.2. The molecule has 4 rings (SSSR count). The van der Waals surface area contributed by atoms with E-state index in [0.717, 1.165) is 0 Å². The van der Waals surface area contributed by atoms with E-state index < -0.39 is 11.9 Å². The second kappa shape index (κ2) is 16.8. The molecule has 0 amide bonds. The molecular formula is C26H24Fe2O4-8. The summed E-state index contributed by atoms with van der Waals surface area (Å²) in [6.45, 7) is 0. The van der Waals surface area contributed by atoms with E-state index in [2.05, 4.69) is 0 Å². The largest absolute Gasteiger partial charge is 0.573 e. The normalized spacial score (nSPS) is 9.81. The van der Waals surface area contributed by atoms with Crippen LogP contribution in [0.15, 0.2) is 109 Å². The first-order valence-corrected chi connectivity index (χ1v) is 9.37. The van der Waals surface area contributed by atoms with Crippen molar-refractivity contribution in [2.45, 2.75) is 0 Å². The maximum atomic E-state index is 12.1. The molecule has 0 fully saturated rings. The van der Waals surface area contributed by atoms with Crippen molar-refractivity contribution in [1.82, 2.24) is 0 Å². The minimum atomic E-state index is -0.571. The molecule has 176 valence electrons. The van der Waals surface area contributed by atoms with Crippen LogP contribution in [0.1, 0.15) is 11.1 Å². The fourth-order valence-electron chi connectivity index (χ4n) is 2.66. The topological polar surface area (TPSA) is 52.6 Å². The van der Waals surface area contributed by atoms with Crippen LogP contribution < -0.4 is 0 Å². The molecule has 0 saturated carbocycles. The summed E-state index contributed by atoms with van der Waals surface area (Å²) in [5, 5.41) is 0. The smallest absolute Gasteiger partial charge is 0.167 e. The van der Waals surface area contributed by atoms with Gasteiger partial charge in [0.15, 0.2) is 5.97 Å². The minimum absolute atomic E-state index is 0. The number of carbonyl (C=O) groups excluding carboxylic acids is 2. The Hall–Kier alpha value is -2.88. The number of ether oxygens (including phenoxy) is 2. The molecular weight excluding hydrogens is 488 g/mol. The van der Waals surface area contributed by atoms with Gasteiger partial charge in [-0.2, -0.15) is 54.1 Å². The van der Waals surface area contributed by atoms with Gasteiger partial charge < -0.3 is 54.5 Å². The first-order chi connectivity index (χ1) is 14.7. The summed E-state index contributed by atoms with van der Waals surface area (Å²) in [6.07, 6.45) is 0. The van der Waals surface area contributed by atoms with E-state index in [-0.39, 0.29) is 45.3 Å². The van der Waals surface area contributed by atoms with Crippen LogP contribution >= 0.6 is 0 Å². The molecule has 4 aromatic rings. The predicted molar refractivity (Wildman–Crippen MR) is 119 cm³/mol. The Morgan fingerprint density at radius 2 is 1.06 bits per heavy atom. The average Bonchev–Trinajstić information content (AvgIpc) is 3.59. The van der Waals surface area contributed by atoms with Crippen molar-refractivity contribution < 1.29 is 53.2 Å². The number of esters is 2. The van der Waals surface area contributed by atoms with Gasteiger partial charge in [-0.1, -0.05) is 0 Å². The van der Waals surface area contributed by atoms with E-state index in [4.69, 9.17) is 9.47 Å². The molecule has 6 heteroatoms. The van der Waals surface area contributed by atoms with Crippen LogP contribution in [0.2, 0.25) is 0 Å². The third kappa shape index (κ3) is 9.09. The van der Waals surface area contributed by atoms with Crippen molar-refractivity contribution in [3.05, 3.63) is 120 Å². The Morgan fingerprint density at radius 1 is 0.656 bits per heavy atom. The molecule has 0 atom stereocenters. The van der Waals surface area contributed by atoms with Gasteiger partial charge in [0.1, 0.15) is 0 Å². The second-order valence-corrected chi connectivity index (χ2v) is 6.00. The summed E-state index contributed by atoms with van der Waals surface area (Å²) < 4.78 is 9.61. The zero-order chi connectivity index (χ0) is 21.6. The van der Waals surface area contributed by atoms with Crippen molar-refractivity contribution >= 4 is 23.1 Å². The Balaban J connectivity index is 0.000000657. The standard InChI is InChI=1S/C16H14O4.2C5H5.2Fe/c1-19-15(17)13(11-7-3-4-8-11)14(16(18)20-2)12-9-5-6-10-12;2*1-2-4-5-3-1;;/h3-10H,1-2H3;2*1-5H;;/q-6;2*-1;;. The number of hydrogen-bond donors (Lipinski definition) is 0. The maximum Gasteiger partial charge on any atom is 0.167 e. The molecule has 0 aliphatic heterocycles. The SMILES string of the molecule is COC(=O)C(=C(C(=O)OC)[c-]1[cH-][cH-][cH-][cH-]1)[c-]1cccc1.[Fe].[Fe].c1cc[cH-]c1.c1cc[cH-]c1. The van der Waals surface area contributed by atoms with Gasteiger partial charge in [0, 0.05) is 34.1 Å². The molecule has 32 heavy (non-hydrogen) atoms. The van der Waals surface area contributed by atoms with Crippen molar-refractivity contribution in [3.63, 3.8) is 0 Å². The molecule has 0 spiro atoms. The van der Waals surface area contributed by atoms with E-state index in [1.807, 2.05) is 60.7 Å². The zero-order valence-electron chi connectivity index (χ0n) is 17.7. The number of carbonyl (C=O) groups is 2. The molecule has 4 nitrogen and oxygen atoms in total. The average molecular weight is 512 g/mol. The number of hydrogen-bond acceptors (Lipinski definition) is 4. The second-order valence-electron chi connectivity index (χ2n) is 6.00. The van der Waals surface area contributed by atoms with Gasteiger partial charge in [-0.3, -0.25) is 0 Å². The third-order valence-corrected chi connectivity index (χ3v) is 4.04. The fraction of sp³-hybridized carbons (Fsp3) is 0.0769. The Morgan fingerprint density at radius 3 is 1.41 bits per heavy atom. The predicted octanol–water partition coefficient (Wildman–Crippen LogP) is 5.19. The number of methoxy groups -OCH3 is 2. The van der Waals surface area contributed by atoms with Crippen LogP contribution in [0.25, 0.3) is 11.1 Å². The van der Waals surface area contributed by atoms with E-state index in [0.29, 0.717) is 11.1 Å². The quantitative estimate of drug-likeness (QED) is 0.164. The summed E-state index contributed by atoms with van der Waals surface area (Å²) >= 11 is 0. The van der Waals surface area contributed by atoms with Crippen LogP contribution in [0, 0.1) is 0 Å². The van der Waals surface area contributed by atoms with Gasteiger partial charge in [-0.15, -0.1) is 12.1 Å². The van der Waals surface area contributed by atoms with Gasteiger partial charge in [0.05, 0.1) is 20.2 Å². The van der Waals surface area contributed by atoms with Crippen LogP contribution in [0.4, 0.5) is 0 Å². The van der Waals surface area contributed by atoms with Crippen molar-refractivity contribution in [2.24, 2.45) is 0 Å². The van der Waals surface area contributed by atoms with Gasteiger partial charge >= 0.3 is 0 Å². The Bertz CT molecular complexity index is 862. The Labute approximate surface area is 210 Å². The summed E-state index contributed by atoms with van der Waals surface area (Å²) in [7, 11) is 2.57. The summed E-state index contributed by atoms with van der Waals surface area (Å²) in [5.74, 6) is -1.14. The Kier molecular flexibility index (Phi) is 15.3. The van der Waals surface area contributed by atoms with E-state index in [1.165, 1.54) is 14.2 Å². The van der Waals surface area contributed by atoms with Crippen LogP contribution in [-0.4, -0.2) is 26.2 Å². The summed E-state index contributed by atoms with van der Waals surface area (Å²) in [4.78, 5) is 24.2.